The maximum Gasteiger partial charge on any atom is 0.332 e. The van der Waals surface area contributed by atoms with Gasteiger partial charge in [-0.25, -0.2) is 14.3 Å². The Labute approximate surface area is 249 Å². The molecule has 4 aromatic rings. The quantitative estimate of drug-likeness (QED) is 0.218. The zero-order valence-corrected chi connectivity index (χ0v) is 23.8. The van der Waals surface area contributed by atoms with Crippen molar-refractivity contribution in [1.29, 1.82) is 0 Å². The number of ether oxygens (including phenoxy) is 1. The minimum atomic E-state index is -1.53. The highest BCUT2D eigenvalue weighted by molar-refractivity contribution is 6.04. The lowest BCUT2D eigenvalue weighted by Gasteiger charge is -2.23. The second-order valence-electron chi connectivity index (χ2n) is 11.1. The molecule has 2 aromatic carbocycles. The Morgan fingerprint density at radius 2 is 1.75 bits per heavy atom. The third-order valence-electron chi connectivity index (χ3n) is 7.66. The summed E-state index contributed by atoms with van der Waals surface area (Å²) in [6.45, 7) is 3.45. The summed E-state index contributed by atoms with van der Waals surface area (Å²) in [5.41, 5.74) is -0.892. The molecule has 1 unspecified atom stereocenters. The lowest BCUT2D eigenvalue weighted by molar-refractivity contribution is -0.155. The van der Waals surface area contributed by atoms with Gasteiger partial charge in [0.15, 0.2) is 0 Å². The molecule has 2 aliphatic rings. The number of benzene rings is 2. The molecule has 226 valence electrons. The van der Waals surface area contributed by atoms with Gasteiger partial charge in [0.2, 0.25) is 12.2 Å². The SMILES string of the molecule is CC(C)n1cc(NC(=O)c2ccc(Nc3cnc4ccccc4n3)cc2)c(=O)n(C2(C(=O)N[C@H]3CC(=O)OC3O)CC2)c1=O. The van der Waals surface area contributed by atoms with Crippen molar-refractivity contribution in [2.24, 2.45) is 0 Å². The predicted molar refractivity (Wildman–Crippen MR) is 158 cm³/mol. The minimum absolute atomic E-state index is 0.178. The molecule has 3 heterocycles. The van der Waals surface area contributed by atoms with Crippen LogP contribution >= 0.6 is 0 Å². The van der Waals surface area contributed by atoms with E-state index in [1.807, 2.05) is 24.3 Å². The molecule has 1 saturated heterocycles. The number of nitrogens with zero attached hydrogens (tertiary/aromatic N) is 4. The van der Waals surface area contributed by atoms with Gasteiger partial charge in [0.1, 0.15) is 23.1 Å². The number of aliphatic hydroxyl groups excluding tert-OH is 1. The predicted octanol–water partition coefficient (Wildman–Crippen LogP) is 1.77. The molecule has 0 bridgehead atoms. The van der Waals surface area contributed by atoms with E-state index in [9.17, 15) is 29.1 Å². The maximum atomic E-state index is 13.6. The average Bonchev–Trinajstić information content (AvgIpc) is 3.73. The normalized spacial score (nSPS) is 18.6. The monoisotopic (exact) mass is 599 g/mol. The van der Waals surface area contributed by atoms with Gasteiger partial charge < -0.3 is 25.8 Å². The van der Waals surface area contributed by atoms with Gasteiger partial charge in [-0.2, -0.15) is 0 Å². The van der Waals surface area contributed by atoms with Crippen LogP contribution in [-0.4, -0.2) is 54.3 Å². The largest absolute Gasteiger partial charge is 0.434 e. The fraction of sp³-hybridized carbons (Fsp3) is 0.300. The van der Waals surface area contributed by atoms with Crippen molar-refractivity contribution in [2.45, 2.75) is 57.0 Å². The van der Waals surface area contributed by atoms with Crippen molar-refractivity contribution in [3.8, 4) is 0 Å². The van der Waals surface area contributed by atoms with E-state index in [1.54, 1.807) is 44.3 Å². The second kappa shape index (κ2) is 11.0. The van der Waals surface area contributed by atoms with Gasteiger partial charge in [0.05, 0.1) is 23.7 Å². The Morgan fingerprint density at radius 3 is 2.39 bits per heavy atom. The zero-order valence-electron chi connectivity index (χ0n) is 23.8. The van der Waals surface area contributed by atoms with Gasteiger partial charge in [-0.15, -0.1) is 0 Å². The first-order valence-corrected chi connectivity index (χ1v) is 14.0. The smallest absolute Gasteiger partial charge is 0.332 e. The number of aromatic nitrogens is 4. The molecule has 14 nitrogen and oxygen atoms in total. The lowest BCUT2D eigenvalue weighted by atomic mass is 10.1. The highest BCUT2D eigenvalue weighted by atomic mass is 16.6. The van der Waals surface area contributed by atoms with Crippen molar-refractivity contribution >= 4 is 46.0 Å². The molecule has 2 fully saturated rings. The number of carbonyl (C=O) groups is 3. The number of amides is 2. The number of carbonyl (C=O) groups excluding carboxylic acids is 3. The first-order chi connectivity index (χ1) is 21.1. The van der Waals surface area contributed by atoms with Crippen LogP contribution in [-0.2, 0) is 19.9 Å². The van der Waals surface area contributed by atoms with Crippen LogP contribution in [0.15, 0.2) is 70.5 Å². The topological polar surface area (TPSA) is 187 Å². The summed E-state index contributed by atoms with van der Waals surface area (Å²) < 4.78 is 6.79. The summed E-state index contributed by atoms with van der Waals surface area (Å²) >= 11 is 0. The molecule has 4 N–H and O–H groups in total. The highest BCUT2D eigenvalue weighted by Gasteiger charge is 2.55. The standard InChI is InChI=1S/C30H29N7O7/c1-16(2)36-15-22(26(40)37(29(36)43)30(11-12-30)28(42)35-21-13-24(38)44-27(21)41)34-25(39)17-7-9-18(10-8-17)32-23-14-31-19-5-3-4-6-20(19)33-23/h3-10,14-16,21,27,41H,11-13H2,1-2H3,(H,32,33)(H,34,39)(H,35,42)/t21-,27?/m0/s1. The molecular formula is C30H29N7O7. The van der Waals surface area contributed by atoms with E-state index >= 15 is 0 Å². The minimum Gasteiger partial charge on any atom is -0.434 e. The molecule has 1 aliphatic heterocycles. The Morgan fingerprint density at radius 1 is 1.05 bits per heavy atom. The molecule has 44 heavy (non-hydrogen) atoms. The Kier molecular flexibility index (Phi) is 7.21. The Balaban J connectivity index is 1.24. The zero-order chi connectivity index (χ0) is 31.2. The third kappa shape index (κ3) is 5.30. The molecule has 1 aliphatic carbocycles. The van der Waals surface area contributed by atoms with E-state index in [0.717, 1.165) is 15.6 Å². The first kappa shape index (κ1) is 28.7. The van der Waals surface area contributed by atoms with Gasteiger partial charge in [-0.1, -0.05) is 12.1 Å². The average molecular weight is 600 g/mol. The van der Waals surface area contributed by atoms with Crippen molar-refractivity contribution in [3.63, 3.8) is 0 Å². The van der Waals surface area contributed by atoms with Crippen LogP contribution in [0.5, 0.6) is 0 Å². The molecule has 0 radical (unpaired) electrons. The van der Waals surface area contributed by atoms with Crippen LogP contribution in [0.1, 0.15) is 49.5 Å². The van der Waals surface area contributed by atoms with Crippen LogP contribution in [0.2, 0.25) is 0 Å². The molecule has 2 aromatic heterocycles. The van der Waals surface area contributed by atoms with Crippen LogP contribution < -0.4 is 27.2 Å². The second-order valence-corrected chi connectivity index (χ2v) is 11.1. The molecule has 0 spiro atoms. The number of hydrogen-bond donors (Lipinski definition) is 4. The maximum absolute atomic E-state index is 13.6. The van der Waals surface area contributed by atoms with Gasteiger partial charge in [-0.05, 0) is 63.1 Å². The molecule has 2 amide bonds. The van der Waals surface area contributed by atoms with Crippen molar-refractivity contribution in [2.75, 3.05) is 10.6 Å². The van der Waals surface area contributed by atoms with Crippen molar-refractivity contribution in [1.82, 2.24) is 24.4 Å². The number of hydrogen-bond acceptors (Lipinski definition) is 10. The molecular weight excluding hydrogens is 570 g/mol. The molecule has 6 rings (SSSR count). The van der Waals surface area contributed by atoms with Gasteiger partial charge in [-0.3, -0.25) is 28.7 Å². The van der Waals surface area contributed by atoms with Crippen LogP contribution in [0.3, 0.4) is 0 Å². The Bertz CT molecular complexity index is 1910. The molecule has 2 atom stereocenters. The summed E-state index contributed by atoms with van der Waals surface area (Å²) in [5, 5.41) is 18.2. The van der Waals surface area contributed by atoms with Gasteiger partial charge in [0.25, 0.3) is 11.5 Å². The Hall–Kier alpha value is -5.37. The number of anilines is 3. The number of fused-ring (bicyclic) bond motifs is 1. The van der Waals surface area contributed by atoms with E-state index in [1.165, 1.54) is 10.8 Å². The van der Waals surface area contributed by atoms with Gasteiger partial charge >= 0.3 is 11.7 Å². The van der Waals surface area contributed by atoms with Crippen LogP contribution in [0.4, 0.5) is 17.2 Å². The fourth-order valence-electron chi connectivity index (χ4n) is 5.11. The van der Waals surface area contributed by atoms with Crippen LogP contribution in [0, 0.1) is 0 Å². The van der Waals surface area contributed by atoms with Crippen LogP contribution in [0.25, 0.3) is 11.0 Å². The van der Waals surface area contributed by atoms with E-state index in [0.29, 0.717) is 11.5 Å². The lowest BCUT2D eigenvalue weighted by Crippen LogP contribution is -2.54. The van der Waals surface area contributed by atoms with Crippen molar-refractivity contribution < 1.29 is 24.2 Å². The van der Waals surface area contributed by atoms with Gasteiger partial charge in [0, 0.05) is 23.5 Å². The highest BCUT2D eigenvalue weighted by Crippen LogP contribution is 2.42. The molecule has 1 saturated carbocycles. The van der Waals surface area contributed by atoms with E-state index in [2.05, 4.69) is 30.7 Å². The number of para-hydroxylation sites is 2. The summed E-state index contributed by atoms with van der Waals surface area (Å²) in [4.78, 5) is 74.0. The first-order valence-electron chi connectivity index (χ1n) is 14.0. The number of esters is 1. The van der Waals surface area contributed by atoms with E-state index < -0.39 is 52.9 Å². The third-order valence-corrected chi connectivity index (χ3v) is 7.66. The summed E-state index contributed by atoms with van der Waals surface area (Å²) in [5.74, 6) is -1.45. The van der Waals surface area contributed by atoms with Crippen molar-refractivity contribution in [3.05, 3.63) is 87.3 Å². The number of aliphatic hydroxyl groups is 1. The number of rotatable bonds is 8. The summed E-state index contributed by atoms with van der Waals surface area (Å²) in [7, 11) is 0. The van der Waals surface area contributed by atoms with E-state index in [-0.39, 0.29) is 30.5 Å². The summed E-state index contributed by atoms with van der Waals surface area (Å²) in [6, 6.07) is 12.5. The number of cyclic esters (lactones) is 1. The summed E-state index contributed by atoms with van der Waals surface area (Å²) in [6.07, 6.45) is 1.45. The molecule has 14 heteroatoms. The number of nitrogens with one attached hydrogen (secondary N) is 3. The fourth-order valence-corrected chi connectivity index (χ4v) is 5.11. The van der Waals surface area contributed by atoms with E-state index in [4.69, 9.17) is 0 Å².